The molecule has 2 aromatic heterocycles. The molecule has 1 atom stereocenters. The van der Waals surface area contributed by atoms with Gasteiger partial charge in [0.15, 0.2) is 18.1 Å². The molecule has 0 aliphatic carbocycles. The predicted molar refractivity (Wildman–Crippen MR) is 106 cm³/mol. The summed E-state index contributed by atoms with van der Waals surface area (Å²) < 4.78 is 47.9. The Bertz CT molecular complexity index is 1020. The Labute approximate surface area is 176 Å². The molecule has 31 heavy (non-hydrogen) atoms. The number of hydrogen-bond acceptors (Lipinski definition) is 5. The van der Waals surface area contributed by atoms with Gasteiger partial charge in [0.1, 0.15) is 5.52 Å². The topological polar surface area (TPSA) is 80.5 Å². The molecule has 1 saturated heterocycles. The summed E-state index contributed by atoms with van der Waals surface area (Å²) in [6.45, 7) is -0.413. The molecule has 3 aromatic rings. The molecule has 1 N–H and O–H groups in total. The van der Waals surface area contributed by atoms with Crippen molar-refractivity contribution in [1.29, 1.82) is 0 Å². The van der Waals surface area contributed by atoms with Crippen LogP contribution in [0, 0.1) is 0 Å². The van der Waals surface area contributed by atoms with Crippen molar-refractivity contribution in [1.82, 2.24) is 20.2 Å². The fraction of sp³-hybridized carbons (Fsp3) is 0.381. The number of para-hydroxylation sites is 2. The van der Waals surface area contributed by atoms with Gasteiger partial charge < -0.3 is 19.4 Å². The number of oxazole rings is 1. The minimum Gasteiger partial charge on any atom is -0.468 e. The van der Waals surface area contributed by atoms with E-state index in [1.807, 2.05) is 24.3 Å². The van der Waals surface area contributed by atoms with Crippen molar-refractivity contribution >= 4 is 17.1 Å². The first-order valence-corrected chi connectivity index (χ1v) is 9.91. The highest BCUT2D eigenvalue weighted by Crippen LogP contribution is 2.29. The summed E-state index contributed by atoms with van der Waals surface area (Å²) in [6, 6.07) is 10.3. The minimum atomic E-state index is -4.47. The monoisotopic (exact) mass is 434 g/mol. The number of piperidine rings is 1. The van der Waals surface area contributed by atoms with Crippen LogP contribution in [0.25, 0.3) is 11.1 Å². The van der Waals surface area contributed by atoms with Crippen LogP contribution in [-0.4, -0.2) is 46.8 Å². The Morgan fingerprint density at radius 3 is 2.90 bits per heavy atom. The number of rotatable bonds is 5. The van der Waals surface area contributed by atoms with E-state index in [0.29, 0.717) is 30.1 Å². The number of carbonyl (C=O) groups excluding carboxylic acids is 1. The summed E-state index contributed by atoms with van der Waals surface area (Å²) in [5.41, 5.74) is 1.86. The number of hydrogen-bond donors (Lipinski definition) is 1. The summed E-state index contributed by atoms with van der Waals surface area (Å²) in [7, 11) is 0. The third-order valence-corrected chi connectivity index (χ3v) is 5.02. The molecule has 0 spiro atoms. The molecular weight excluding hydrogens is 413 g/mol. The number of amides is 2. The van der Waals surface area contributed by atoms with Gasteiger partial charge in [-0.05, 0) is 31.0 Å². The van der Waals surface area contributed by atoms with E-state index >= 15 is 0 Å². The number of fused-ring (bicyclic) bond motifs is 1. The number of ether oxygens (including phenoxy) is 1. The van der Waals surface area contributed by atoms with E-state index in [9.17, 15) is 18.0 Å². The van der Waals surface area contributed by atoms with Gasteiger partial charge in [-0.25, -0.2) is 14.8 Å². The molecule has 1 fully saturated rings. The zero-order valence-electron chi connectivity index (χ0n) is 16.6. The number of nitrogens with one attached hydrogen (secondary N) is 1. The number of likely N-dealkylation sites (tertiary alicyclic amines) is 1. The molecule has 4 rings (SSSR count). The largest absolute Gasteiger partial charge is 0.468 e. The molecular formula is C21H21F3N4O3. The van der Waals surface area contributed by atoms with Gasteiger partial charge in [-0.15, -0.1) is 0 Å². The van der Waals surface area contributed by atoms with Crippen molar-refractivity contribution in [3.63, 3.8) is 0 Å². The number of alkyl halides is 3. The summed E-state index contributed by atoms with van der Waals surface area (Å²) in [4.78, 5) is 22.7. The van der Waals surface area contributed by atoms with Crippen LogP contribution in [0.4, 0.5) is 18.0 Å². The molecule has 3 heterocycles. The van der Waals surface area contributed by atoms with Gasteiger partial charge >= 0.3 is 12.2 Å². The first kappa shape index (κ1) is 21.0. The van der Waals surface area contributed by atoms with Gasteiger partial charge in [-0.2, -0.15) is 13.2 Å². The van der Waals surface area contributed by atoms with Crippen molar-refractivity contribution in [2.45, 2.75) is 31.5 Å². The molecule has 2 amide bonds. The van der Waals surface area contributed by atoms with Gasteiger partial charge in [-0.3, -0.25) is 0 Å². The first-order chi connectivity index (χ1) is 14.9. The van der Waals surface area contributed by atoms with Gasteiger partial charge in [0.2, 0.25) is 5.88 Å². The van der Waals surface area contributed by atoms with Crippen molar-refractivity contribution in [3.8, 4) is 5.88 Å². The van der Waals surface area contributed by atoms with E-state index in [1.54, 1.807) is 17.0 Å². The van der Waals surface area contributed by atoms with Crippen LogP contribution in [0.5, 0.6) is 5.88 Å². The molecule has 10 heteroatoms. The smallest absolute Gasteiger partial charge is 0.422 e. The third kappa shape index (κ3) is 5.25. The van der Waals surface area contributed by atoms with Crippen molar-refractivity contribution < 1.29 is 27.1 Å². The summed E-state index contributed by atoms with van der Waals surface area (Å²) in [6.07, 6.45) is -1.48. The quantitative estimate of drug-likeness (QED) is 0.649. The average molecular weight is 434 g/mol. The van der Waals surface area contributed by atoms with Crippen LogP contribution >= 0.6 is 0 Å². The van der Waals surface area contributed by atoms with Crippen molar-refractivity contribution in [3.05, 3.63) is 54.0 Å². The minimum absolute atomic E-state index is 0.00389. The van der Waals surface area contributed by atoms with Crippen LogP contribution in [0.1, 0.15) is 30.2 Å². The number of nitrogens with zero attached hydrogens (tertiary/aromatic N) is 3. The molecule has 1 unspecified atom stereocenters. The molecule has 164 valence electrons. The predicted octanol–water partition coefficient (Wildman–Crippen LogP) is 4.25. The molecule has 1 aromatic carbocycles. The maximum atomic E-state index is 12.7. The lowest BCUT2D eigenvalue weighted by atomic mass is 9.98. The zero-order chi connectivity index (χ0) is 21.8. The second-order valence-corrected chi connectivity index (χ2v) is 7.34. The Morgan fingerprint density at radius 2 is 2.10 bits per heavy atom. The summed E-state index contributed by atoms with van der Waals surface area (Å²) >= 11 is 0. The summed E-state index contributed by atoms with van der Waals surface area (Å²) in [5, 5.41) is 2.74. The standard InChI is InChI=1S/C21H21F3N4O3/c22-21(23,24)13-30-18-14(5-3-9-25-18)11-26-20(29)28-10-4-6-15(12-28)19-27-16-7-1-2-8-17(16)31-19/h1-3,5,7-9,15H,4,6,10-13H2,(H,26,29). The zero-order valence-corrected chi connectivity index (χ0v) is 16.6. The average Bonchev–Trinajstić information content (AvgIpc) is 3.20. The molecule has 0 bridgehead atoms. The number of benzene rings is 1. The van der Waals surface area contributed by atoms with E-state index < -0.39 is 12.8 Å². The van der Waals surface area contributed by atoms with E-state index in [-0.39, 0.29) is 24.4 Å². The number of carbonyl (C=O) groups is 1. The van der Waals surface area contributed by atoms with Crippen molar-refractivity contribution in [2.24, 2.45) is 0 Å². The highest BCUT2D eigenvalue weighted by Gasteiger charge is 2.30. The maximum Gasteiger partial charge on any atom is 0.422 e. The highest BCUT2D eigenvalue weighted by atomic mass is 19.4. The molecule has 0 saturated carbocycles. The number of pyridine rings is 1. The SMILES string of the molecule is O=C(NCc1cccnc1OCC(F)(F)F)N1CCCC(c2nc3ccccc3o2)C1. The molecule has 1 aliphatic rings. The second kappa shape index (κ2) is 8.83. The lowest BCUT2D eigenvalue weighted by molar-refractivity contribution is -0.154. The number of aromatic nitrogens is 2. The van der Waals surface area contributed by atoms with Gasteiger partial charge in [-0.1, -0.05) is 18.2 Å². The van der Waals surface area contributed by atoms with Crippen LogP contribution in [0.2, 0.25) is 0 Å². The summed E-state index contributed by atoms with van der Waals surface area (Å²) in [5.74, 6) is 0.438. The Kier molecular flexibility index (Phi) is 5.97. The van der Waals surface area contributed by atoms with E-state index in [2.05, 4.69) is 15.3 Å². The van der Waals surface area contributed by atoms with Crippen LogP contribution in [-0.2, 0) is 6.54 Å². The molecule has 0 radical (unpaired) electrons. The lowest BCUT2D eigenvalue weighted by Gasteiger charge is -2.31. The van der Waals surface area contributed by atoms with Crippen LogP contribution < -0.4 is 10.1 Å². The maximum absolute atomic E-state index is 12.7. The molecule has 7 nitrogen and oxygen atoms in total. The lowest BCUT2D eigenvalue weighted by Crippen LogP contribution is -2.44. The Hall–Kier alpha value is -3.30. The van der Waals surface area contributed by atoms with Gasteiger partial charge in [0.25, 0.3) is 0 Å². The molecule has 1 aliphatic heterocycles. The fourth-order valence-electron chi connectivity index (χ4n) is 3.55. The van der Waals surface area contributed by atoms with E-state index in [0.717, 1.165) is 18.4 Å². The van der Waals surface area contributed by atoms with Crippen LogP contribution in [0.15, 0.2) is 47.0 Å². The Morgan fingerprint density at radius 1 is 1.26 bits per heavy atom. The number of halogens is 3. The van der Waals surface area contributed by atoms with Crippen LogP contribution in [0.3, 0.4) is 0 Å². The van der Waals surface area contributed by atoms with E-state index in [4.69, 9.17) is 9.15 Å². The Balaban J connectivity index is 1.37. The highest BCUT2D eigenvalue weighted by molar-refractivity contribution is 5.74. The normalized spacial score (nSPS) is 17.0. The second-order valence-electron chi connectivity index (χ2n) is 7.34. The third-order valence-electron chi connectivity index (χ3n) is 5.02. The van der Waals surface area contributed by atoms with Gasteiger partial charge in [0, 0.05) is 31.4 Å². The van der Waals surface area contributed by atoms with Crippen molar-refractivity contribution in [2.75, 3.05) is 19.7 Å². The number of urea groups is 1. The first-order valence-electron chi connectivity index (χ1n) is 9.91. The fourth-order valence-corrected chi connectivity index (χ4v) is 3.55. The van der Waals surface area contributed by atoms with Gasteiger partial charge in [0.05, 0.1) is 5.92 Å². The van der Waals surface area contributed by atoms with E-state index in [1.165, 1.54) is 6.20 Å².